The number of nitrogens with zero attached hydrogens (tertiary/aromatic N) is 3. The van der Waals surface area contributed by atoms with E-state index in [2.05, 4.69) is 44.8 Å². The van der Waals surface area contributed by atoms with Crippen LogP contribution in [0.3, 0.4) is 0 Å². The summed E-state index contributed by atoms with van der Waals surface area (Å²) in [6.07, 6.45) is 1.61. The Bertz CT molecular complexity index is 751. The second-order valence-corrected chi connectivity index (χ2v) is 6.35. The van der Waals surface area contributed by atoms with Gasteiger partial charge in [-0.05, 0) is 38.8 Å². The van der Waals surface area contributed by atoms with E-state index in [0.717, 1.165) is 42.2 Å². The van der Waals surface area contributed by atoms with Crippen LogP contribution in [0.2, 0.25) is 0 Å². The van der Waals surface area contributed by atoms with Gasteiger partial charge in [0, 0.05) is 38.7 Å². The van der Waals surface area contributed by atoms with Gasteiger partial charge in [0.05, 0.1) is 6.61 Å². The summed E-state index contributed by atoms with van der Waals surface area (Å²) in [6, 6.07) is 6.20. The van der Waals surface area contributed by atoms with Gasteiger partial charge in [-0.1, -0.05) is 17.3 Å². The van der Waals surface area contributed by atoms with Crippen LogP contribution in [0.4, 0.5) is 0 Å². The fourth-order valence-electron chi connectivity index (χ4n) is 2.58. The lowest BCUT2D eigenvalue weighted by Gasteiger charge is -2.15. The minimum Gasteiger partial charge on any atom is -0.491 e. The van der Waals surface area contributed by atoms with E-state index in [-0.39, 0.29) is 24.0 Å². The monoisotopic (exact) mass is 517 g/mol. The molecule has 0 fully saturated rings. The third kappa shape index (κ3) is 9.44. The summed E-state index contributed by atoms with van der Waals surface area (Å²) in [6.45, 7) is 9.03. The van der Waals surface area contributed by atoms with Crippen molar-refractivity contribution in [3.8, 4) is 5.75 Å². The number of halogens is 1. The molecule has 2 N–H and O–H groups in total. The first-order valence-corrected chi connectivity index (χ1v) is 9.66. The van der Waals surface area contributed by atoms with Crippen molar-refractivity contribution < 1.29 is 14.0 Å². The van der Waals surface area contributed by atoms with Crippen LogP contribution < -0.4 is 15.4 Å². The van der Waals surface area contributed by atoms with Crippen molar-refractivity contribution >= 4 is 29.9 Å². The van der Waals surface area contributed by atoms with Crippen LogP contribution >= 0.6 is 24.0 Å². The molecule has 0 saturated heterocycles. The molecule has 2 rings (SSSR count). The van der Waals surface area contributed by atoms with Gasteiger partial charge in [0.1, 0.15) is 12.4 Å². The molecule has 0 bridgehead atoms. The van der Waals surface area contributed by atoms with Crippen molar-refractivity contribution in [2.75, 3.05) is 33.4 Å². The molecule has 0 radical (unpaired) electrons. The maximum Gasteiger partial charge on any atom is 0.226 e. The molecule has 2 aromatic rings. The molecule has 0 saturated carbocycles. The van der Waals surface area contributed by atoms with Crippen molar-refractivity contribution in [3.63, 3.8) is 0 Å². The largest absolute Gasteiger partial charge is 0.491 e. The Labute approximate surface area is 189 Å². The maximum atomic E-state index is 5.89. The van der Waals surface area contributed by atoms with Gasteiger partial charge in [-0.2, -0.15) is 4.98 Å². The molecule has 29 heavy (non-hydrogen) atoms. The number of benzene rings is 1. The van der Waals surface area contributed by atoms with E-state index in [1.165, 1.54) is 0 Å². The summed E-state index contributed by atoms with van der Waals surface area (Å²) in [5.74, 6) is 2.94. The average Bonchev–Trinajstić information content (AvgIpc) is 3.11. The molecule has 1 heterocycles. The zero-order valence-electron chi connectivity index (χ0n) is 17.7. The van der Waals surface area contributed by atoms with Crippen molar-refractivity contribution in [2.24, 2.45) is 4.99 Å². The molecular weight excluding hydrogens is 485 g/mol. The van der Waals surface area contributed by atoms with Gasteiger partial charge in [-0.25, -0.2) is 0 Å². The number of nitrogens with one attached hydrogen (secondary N) is 2. The zero-order valence-corrected chi connectivity index (χ0v) is 20.0. The lowest BCUT2D eigenvalue weighted by Crippen LogP contribution is -2.37. The quantitative estimate of drug-likeness (QED) is 0.205. The lowest BCUT2D eigenvalue weighted by atomic mass is 10.1. The summed E-state index contributed by atoms with van der Waals surface area (Å²) in [7, 11) is 1.76. The number of hydrogen-bond donors (Lipinski definition) is 2. The van der Waals surface area contributed by atoms with Gasteiger partial charge in [0.2, 0.25) is 5.89 Å². The van der Waals surface area contributed by atoms with E-state index in [9.17, 15) is 0 Å². The summed E-state index contributed by atoms with van der Waals surface area (Å²) < 4.78 is 16.3. The smallest absolute Gasteiger partial charge is 0.226 e. The summed E-state index contributed by atoms with van der Waals surface area (Å²) in [5, 5.41) is 10.4. The van der Waals surface area contributed by atoms with E-state index in [0.29, 0.717) is 38.1 Å². The Balaban J connectivity index is 0.00000420. The molecule has 162 valence electrons. The molecule has 8 nitrogen and oxygen atoms in total. The Morgan fingerprint density at radius 3 is 2.72 bits per heavy atom. The van der Waals surface area contributed by atoms with Gasteiger partial charge in [-0.3, -0.25) is 4.99 Å². The van der Waals surface area contributed by atoms with Crippen LogP contribution in [0, 0.1) is 13.8 Å². The van der Waals surface area contributed by atoms with E-state index in [1.54, 1.807) is 7.05 Å². The summed E-state index contributed by atoms with van der Waals surface area (Å²) >= 11 is 0. The second kappa shape index (κ2) is 14.2. The highest BCUT2D eigenvalue weighted by atomic mass is 127. The molecule has 1 aromatic carbocycles. The number of guanidine groups is 1. The normalized spacial score (nSPS) is 11.1. The first-order chi connectivity index (χ1) is 13.6. The lowest BCUT2D eigenvalue weighted by molar-refractivity contribution is 0.110. The standard InChI is InChI=1S/C20H31N5O3.HI/c1-5-26-11-12-27-18-13-15(2)8-9-17(18)14-23-20(21-4)22-10-6-7-19-24-16(3)25-28-19;/h8-9,13H,5-7,10-12,14H2,1-4H3,(H2,21,22,23);1H. The number of aryl methyl sites for hydroxylation is 3. The van der Waals surface area contributed by atoms with Crippen LogP contribution in [-0.4, -0.2) is 49.5 Å². The fraction of sp³-hybridized carbons (Fsp3) is 0.550. The van der Waals surface area contributed by atoms with Crippen molar-refractivity contribution in [3.05, 3.63) is 41.0 Å². The first kappa shape index (κ1) is 25.2. The van der Waals surface area contributed by atoms with Crippen molar-refractivity contribution in [1.82, 2.24) is 20.8 Å². The number of hydrogen-bond acceptors (Lipinski definition) is 6. The minimum absolute atomic E-state index is 0. The first-order valence-electron chi connectivity index (χ1n) is 9.66. The third-order valence-electron chi connectivity index (χ3n) is 4.01. The number of aliphatic imine (C=N–C) groups is 1. The van der Waals surface area contributed by atoms with Crippen molar-refractivity contribution in [1.29, 1.82) is 0 Å². The highest BCUT2D eigenvalue weighted by Crippen LogP contribution is 2.20. The molecule has 0 unspecified atom stereocenters. The summed E-state index contributed by atoms with van der Waals surface area (Å²) in [5.41, 5.74) is 2.24. The topological polar surface area (TPSA) is 93.8 Å². The van der Waals surface area contributed by atoms with E-state index < -0.39 is 0 Å². The number of ether oxygens (including phenoxy) is 2. The highest BCUT2D eigenvalue weighted by Gasteiger charge is 2.07. The van der Waals surface area contributed by atoms with Gasteiger partial charge in [0.15, 0.2) is 11.8 Å². The average molecular weight is 517 g/mol. The molecule has 0 atom stereocenters. The van der Waals surface area contributed by atoms with Crippen LogP contribution in [0.1, 0.15) is 36.2 Å². The Morgan fingerprint density at radius 2 is 2.03 bits per heavy atom. The van der Waals surface area contributed by atoms with Crippen LogP contribution in [0.5, 0.6) is 5.75 Å². The third-order valence-corrected chi connectivity index (χ3v) is 4.01. The van der Waals surface area contributed by atoms with E-state index in [4.69, 9.17) is 14.0 Å². The fourth-order valence-corrected chi connectivity index (χ4v) is 2.58. The highest BCUT2D eigenvalue weighted by molar-refractivity contribution is 14.0. The van der Waals surface area contributed by atoms with E-state index >= 15 is 0 Å². The van der Waals surface area contributed by atoms with Crippen LogP contribution in [0.25, 0.3) is 0 Å². The van der Waals surface area contributed by atoms with Gasteiger partial charge in [0.25, 0.3) is 0 Å². The Hall–Kier alpha value is -1.88. The maximum absolute atomic E-state index is 5.89. The number of aromatic nitrogens is 2. The van der Waals surface area contributed by atoms with Gasteiger partial charge < -0.3 is 24.6 Å². The number of rotatable bonds is 11. The molecular formula is C20H32IN5O3. The molecule has 0 spiro atoms. The Morgan fingerprint density at radius 1 is 1.21 bits per heavy atom. The molecule has 1 aromatic heterocycles. The molecule has 0 amide bonds. The second-order valence-electron chi connectivity index (χ2n) is 6.35. The molecule has 0 aliphatic rings. The predicted molar refractivity (Wildman–Crippen MR) is 124 cm³/mol. The molecule has 0 aliphatic carbocycles. The molecule has 9 heteroatoms. The van der Waals surface area contributed by atoms with Crippen molar-refractivity contribution in [2.45, 2.75) is 40.2 Å². The van der Waals surface area contributed by atoms with Gasteiger partial charge >= 0.3 is 0 Å². The van der Waals surface area contributed by atoms with E-state index in [1.807, 2.05) is 19.9 Å². The summed E-state index contributed by atoms with van der Waals surface area (Å²) in [4.78, 5) is 8.47. The van der Waals surface area contributed by atoms with Crippen LogP contribution in [0.15, 0.2) is 27.7 Å². The SMILES string of the molecule is CCOCCOc1cc(C)ccc1CNC(=NC)NCCCc1nc(C)no1.I. The Kier molecular flexibility index (Phi) is 12.3. The zero-order chi connectivity index (χ0) is 20.2. The predicted octanol–water partition coefficient (Wildman–Crippen LogP) is 3.02. The van der Waals surface area contributed by atoms with Crippen LogP contribution in [-0.2, 0) is 17.7 Å². The van der Waals surface area contributed by atoms with Gasteiger partial charge in [-0.15, -0.1) is 24.0 Å². The molecule has 0 aliphatic heterocycles. The minimum atomic E-state index is 0.